The van der Waals surface area contributed by atoms with E-state index >= 15 is 0 Å². The summed E-state index contributed by atoms with van der Waals surface area (Å²) in [5.41, 5.74) is 0. The van der Waals surface area contributed by atoms with Crippen molar-refractivity contribution in [3.63, 3.8) is 0 Å². The third kappa shape index (κ3) is 36.0. The minimum absolute atomic E-state index is 0.229. The lowest BCUT2D eigenvalue weighted by Gasteiger charge is -2.48. The van der Waals surface area contributed by atoms with Crippen LogP contribution in [0.2, 0.25) is 0 Å². The maximum atomic E-state index is 13.3. The van der Waals surface area contributed by atoms with E-state index in [0.29, 0.717) is 6.42 Å². The molecule has 3 fully saturated rings. The van der Waals surface area contributed by atoms with Gasteiger partial charge in [-0.1, -0.05) is 231 Å². The lowest BCUT2D eigenvalue weighted by atomic mass is 9.96. The molecule has 17 atom stereocenters. The first-order valence-corrected chi connectivity index (χ1v) is 35.4. The fourth-order valence-corrected chi connectivity index (χ4v) is 11.0. The van der Waals surface area contributed by atoms with Gasteiger partial charge in [-0.05, 0) is 96.3 Å². The van der Waals surface area contributed by atoms with Crippen LogP contribution < -0.4 is 5.32 Å². The van der Waals surface area contributed by atoms with Gasteiger partial charge in [0.2, 0.25) is 5.91 Å². The quantitative estimate of drug-likeness (QED) is 0.0199. The predicted molar refractivity (Wildman–Crippen MR) is 369 cm³/mol. The maximum absolute atomic E-state index is 13.3. The number of aliphatic hydroxyl groups excluding tert-OH is 11. The molecule has 19 heteroatoms. The summed E-state index contributed by atoms with van der Waals surface area (Å²) in [5, 5.41) is 120. The number of rotatable bonds is 52. The zero-order chi connectivity index (χ0) is 68.2. The van der Waals surface area contributed by atoms with Gasteiger partial charge in [0.1, 0.15) is 73.2 Å². The van der Waals surface area contributed by atoms with Crippen LogP contribution in [0, 0.1) is 0 Å². The highest BCUT2D eigenvalue weighted by atomic mass is 16.8. The van der Waals surface area contributed by atoms with Gasteiger partial charge in [0.05, 0.1) is 38.6 Å². The molecule has 17 unspecified atom stereocenters. The largest absolute Gasteiger partial charge is 0.394 e. The average Bonchev–Trinajstić information content (AvgIpc) is 0.834. The molecule has 0 bridgehead atoms. The molecule has 0 saturated carbocycles. The first-order valence-electron chi connectivity index (χ1n) is 35.4. The van der Waals surface area contributed by atoms with Gasteiger partial charge in [0.15, 0.2) is 18.9 Å². The van der Waals surface area contributed by atoms with E-state index < -0.39 is 124 Å². The molecule has 0 spiro atoms. The second-order valence-corrected chi connectivity index (χ2v) is 24.6. The molecule has 19 nitrogen and oxygen atoms in total. The smallest absolute Gasteiger partial charge is 0.220 e. The van der Waals surface area contributed by atoms with Crippen LogP contribution in [0.25, 0.3) is 0 Å². The first-order chi connectivity index (χ1) is 45.8. The van der Waals surface area contributed by atoms with Crippen molar-refractivity contribution in [1.29, 1.82) is 0 Å². The van der Waals surface area contributed by atoms with Crippen molar-refractivity contribution < 1.29 is 89.4 Å². The number of allylic oxidation sites excluding steroid dienone is 21. The summed E-state index contributed by atoms with van der Waals surface area (Å²) in [6.07, 6.45) is 50.5. The summed E-state index contributed by atoms with van der Waals surface area (Å²) < 4.78 is 34.2. The number of nitrogens with one attached hydrogen (secondary N) is 1. The Kier molecular flexibility index (Phi) is 49.1. The lowest BCUT2D eigenvalue weighted by Crippen LogP contribution is -2.66. The Morgan fingerprint density at radius 3 is 1.15 bits per heavy atom. The first kappa shape index (κ1) is 84.2. The Labute approximate surface area is 562 Å². The fraction of sp³-hybridized carbons (Fsp3) is 0.693. The topological polar surface area (TPSA) is 307 Å². The van der Waals surface area contributed by atoms with E-state index in [1.807, 2.05) is 6.08 Å². The Morgan fingerprint density at radius 2 is 0.734 bits per heavy atom. The van der Waals surface area contributed by atoms with Gasteiger partial charge in [-0.2, -0.15) is 0 Å². The van der Waals surface area contributed by atoms with Crippen LogP contribution in [0.3, 0.4) is 0 Å². The zero-order valence-electron chi connectivity index (χ0n) is 56.6. The number of aliphatic hydroxyl groups is 11. The number of carbonyl (C=O) groups excluding carboxylic acids is 1. The van der Waals surface area contributed by atoms with Crippen molar-refractivity contribution in [3.05, 3.63) is 134 Å². The van der Waals surface area contributed by atoms with Crippen LogP contribution in [-0.4, -0.2) is 193 Å². The van der Waals surface area contributed by atoms with E-state index in [-0.39, 0.29) is 18.9 Å². The molecule has 3 aliphatic heterocycles. The van der Waals surface area contributed by atoms with Crippen molar-refractivity contribution in [3.8, 4) is 0 Å². The molecular weight excluding hydrogens is 1200 g/mol. The van der Waals surface area contributed by atoms with Crippen LogP contribution in [0.5, 0.6) is 0 Å². The summed E-state index contributed by atoms with van der Waals surface area (Å²) in [4.78, 5) is 13.3. The third-order valence-electron chi connectivity index (χ3n) is 16.7. The monoisotopic (exact) mass is 1330 g/mol. The highest BCUT2D eigenvalue weighted by Crippen LogP contribution is 2.33. The minimum Gasteiger partial charge on any atom is -0.394 e. The van der Waals surface area contributed by atoms with E-state index in [9.17, 15) is 61.0 Å². The third-order valence-corrected chi connectivity index (χ3v) is 16.7. The van der Waals surface area contributed by atoms with Gasteiger partial charge in [-0.25, -0.2) is 0 Å². The normalized spacial score (nSPS) is 28.2. The van der Waals surface area contributed by atoms with Crippen LogP contribution in [-0.2, 0) is 33.2 Å². The number of amides is 1. The van der Waals surface area contributed by atoms with Crippen LogP contribution in [0.4, 0.5) is 0 Å². The summed E-state index contributed by atoms with van der Waals surface area (Å²) in [6.45, 7) is 1.53. The Morgan fingerprint density at radius 1 is 0.394 bits per heavy atom. The van der Waals surface area contributed by atoms with E-state index in [0.717, 1.165) is 128 Å². The van der Waals surface area contributed by atoms with E-state index in [2.05, 4.69) is 141 Å². The van der Waals surface area contributed by atoms with Gasteiger partial charge in [0.25, 0.3) is 0 Å². The maximum Gasteiger partial charge on any atom is 0.220 e. The summed E-state index contributed by atoms with van der Waals surface area (Å²) >= 11 is 0. The Balaban J connectivity index is 1.29. The summed E-state index contributed by atoms with van der Waals surface area (Å²) in [7, 11) is 0. The van der Waals surface area contributed by atoms with E-state index in [4.69, 9.17) is 28.4 Å². The van der Waals surface area contributed by atoms with Gasteiger partial charge in [0, 0.05) is 6.42 Å². The van der Waals surface area contributed by atoms with Crippen LogP contribution >= 0.6 is 0 Å². The number of ether oxygens (including phenoxy) is 6. The number of carbonyl (C=O) groups is 1. The molecule has 12 N–H and O–H groups in total. The van der Waals surface area contributed by atoms with Crippen molar-refractivity contribution in [2.75, 3.05) is 26.4 Å². The van der Waals surface area contributed by atoms with Crippen molar-refractivity contribution in [2.45, 2.75) is 304 Å². The minimum atomic E-state index is -1.98. The molecule has 0 aromatic carbocycles. The van der Waals surface area contributed by atoms with Gasteiger partial charge >= 0.3 is 0 Å². The molecule has 1 amide bonds. The van der Waals surface area contributed by atoms with Crippen molar-refractivity contribution >= 4 is 5.91 Å². The second-order valence-electron chi connectivity index (χ2n) is 24.6. The molecule has 0 aromatic heterocycles. The molecule has 0 radical (unpaired) electrons. The van der Waals surface area contributed by atoms with E-state index in [1.165, 1.54) is 44.9 Å². The molecule has 0 aliphatic carbocycles. The summed E-state index contributed by atoms with van der Waals surface area (Å²) in [6, 6.07) is -0.981. The molecule has 3 heterocycles. The van der Waals surface area contributed by atoms with Gasteiger partial charge in [-0.3, -0.25) is 4.79 Å². The molecule has 536 valence electrons. The van der Waals surface area contributed by atoms with E-state index in [1.54, 1.807) is 6.08 Å². The molecule has 94 heavy (non-hydrogen) atoms. The molecule has 3 rings (SSSR count). The SMILES string of the molecule is CC/C=C\C/C=C\C/C=C\C/C=C\C/C=C\C/C=C\C/C=C\C/C=C\C/C=C\C/C=C\CCCCCCCCCCCCC(=O)NC(COC1OC(CO)C(OC2OC(CO)C(OC3OC(CO)C(O)C(O)C3O)C(O)C2O)C(O)C1O)C(O)/C=C/CCCCCCCC. The number of hydrogen-bond acceptors (Lipinski definition) is 18. The number of hydrogen-bond donors (Lipinski definition) is 12. The molecule has 3 aliphatic rings. The molecular formula is C75H123NO18. The second kappa shape index (κ2) is 54.9. The van der Waals surface area contributed by atoms with Crippen molar-refractivity contribution in [1.82, 2.24) is 5.32 Å². The Hall–Kier alpha value is -4.07. The molecule has 3 saturated heterocycles. The fourth-order valence-electron chi connectivity index (χ4n) is 11.0. The Bertz CT molecular complexity index is 2220. The van der Waals surface area contributed by atoms with Gasteiger partial charge in [-0.15, -0.1) is 0 Å². The highest BCUT2D eigenvalue weighted by molar-refractivity contribution is 5.76. The average molecular weight is 1330 g/mol. The lowest BCUT2D eigenvalue weighted by molar-refractivity contribution is -0.379. The molecule has 0 aromatic rings. The van der Waals surface area contributed by atoms with Crippen LogP contribution in [0.1, 0.15) is 200 Å². The standard InChI is InChI=1S/C75H123NO18/c1-3-5-7-9-11-13-14-15-16-17-18-19-20-21-22-23-24-25-26-27-28-29-30-31-32-33-34-35-36-37-38-39-40-41-42-43-44-45-47-49-51-53-63(81)76-58(59(80)52-50-48-46-12-10-8-6-4-2)57-89-73-69(87)66(84)71(61(55-78)91-73)94-75-70(88)67(85)72(62(56-79)92-75)93-74-68(86)65(83)64(82)60(54-77)90-74/h5,7,11,13,15-16,18-19,21-22,24-25,27-28,30-31,33-34,36-37,50,52,58-62,64-75,77-80,82-88H,3-4,6,8-10,12,14,17,20,23,26,29,32,35,38-49,51,53-57H2,1-2H3,(H,76,81)/b7-5-,13-11-,16-15-,19-18-,22-21-,25-24-,28-27-,31-30-,34-33-,37-36-,52-50+. The van der Waals surface area contributed by atoms with Crippen LogP contribution in [0.15, 0.2) is 134 Å². The zero-order valence-corrected chi connectivity index (χ0v) is 56.6. The van der Waals surface area contributed by atoms with Gasteiger partial charge < -0.3 is 89.9 Å². The highest BCUT2D eigenvalue weighted by Gasteiger charge is 2.53. The predicted octanol–water partition coefficient (Wildman–Crippen LogP) is 9.77. The summed E-state index contributed by atoms with van der Waals surface area (Å²) in [5.74, 6) is -0.290. The number of unbranched alkanes of at least 4 members (excludes halogenated alkanes) is 16. The van der Waals surface area contributed by atoms with Crippen molar-refractivity contribution in [2.24, 2.45) is 0 Å².